The normalized spacial score (nSPS) is 26.0. The molecule has 1 saturated carbocycles. The van der Waals surface area contributed by atoms with Gasteiger partial charge in [-0.05, 0) is 25.2 Å². The van der Waals surface area contributed by atoms with E-state index in [0.29, 0.717) is 36.3 Å². The summed E-state index contributed by atoms with van der Waals surface area (Å²) in [6, 6.07) is -0.000141. The summed E-state index contributed by atoms with van der Waals surface area (Å²) in [6.07, 6.45) is 11.7. The van der Waals surface area contributed by atoms with Crippen LogP contribution >= 0.6 is 0 Å². The number of aliphatic hydroxyl groups excluding tert-OH is 1. The van der Waals surface area contributed by atoms with Gasteiger partial charge in [-0.2, -0.15) is 4.98 Å². The fraction of sp³-hybridized carbons (Fsp3) is 0.647. The van der Waals surface area contributed by atoms with Crippen LogP contribution in [-0.4, -0.2) is 49.3 Å². The van der Waals surface area contributed by atoms with Crippen LogP contribution in [0.5, 0.6) is 0 Å². The van der Waals surface area contributed by atoms with Crippen molar-refractivity contribution in [3.05, 3.63) is 24.5 Å². The standard InChI is InChI=1S/C17H23N5O2/c23-13-8-15(22(11-13)10-12-4-2-1-3-5-12)17-20-16(21-24-17)14-9-18-6-7-19-14/h6-7,9,12-13,15,23H,1-5,8,10-11H2/t13-,15+/m1/s1. The fourth-order valence-electron chi connectivity index (χ4n) is 3.93. The van der Waals surface area contributed by atoms with Crippen molar-refractivity contribution < 1.29 is 9.63 Å². The van der Waals surface area contributed by atoms with E-state index in [0.717, 1.165) is 6.54 Å². The highest BCUT2D eigenvalue weighted by atomic mass is 16.5. The summed E-state index contributed by atoms with van der Waals surface area (Å²) in [5, 5.41) is 14.2. The minimum atomic E-state index is -0.328. The number of likely N-dealkylation sites (tertiary alicyclic amines) is 1. The molecule has 2 fully saturated rings. The van der Waals surface area contributed by atoms with Gasteiger partial charge in [0.15, 0.2) is 0 Å². The van der Waals surface area contributed by atoms with Gasteiger partial charge in [0, 0.05) is 25.5 Å². The van der Waals surface area contributed by atoms with Gasteiger partial charge in [0.25, 0.3) is 0 Å². The lowest BCUT2D eigenvalue weighted by atomic mass is 9.89. The lowest BCUT2D eigenvalue weighted by molar-refractivity contribution is 0.147. The molecule has 0 unspecified atom stereocenters. The molecule has 1 saturated heterocycles. The van der Waals surface area contributed by atoms with Crippen LogP contribution in [0.15, 0.2) is 23.1 Å². The molecule has 0 bridgehead atoms. The van der Waals surface area contributed by atoms with Gasteiger partial charge in [0.05, 0.1) is 18.3 Å². The zero-order valence-electron chi connectivity index (χ0n) is 13.7. The molecule has 0 aromatic carbocycles. The van der Waals surface area contributed by atoms with Crippen molar-refractivity contribution in [2.24, 2.45) is 5.92 Å². The van der Waals surface area contributed by atoms with E-state index in [4.69, 9.17) is 4.52 Å². The molecule has 3 heterocycles. The molecule has 24 heavy (non-hydrogen) atoms. The minimum Gasteiger partial charge on any atom is -0.392 e. The minimum absolute atomic E-state index is 0.000141. The number of aromatic nitrogens is 4. The highest BCUT2D eigenvalue weighted by Crippen LogP contribution is 2.35. The molecule has 2 atom stereocenters. The van der Waals surface area contributed by atoms with Gasteiger partial charge >= 0.3 is 0 Å². The van der Waals surface area contributed by atoms with E-state index in [-0.39, 0.29) is 12.1 Å². The largest absolute Gasteiger partial charge is 0.392 e. The van der Waals surface area contributed by atoms with Crippen LogP contribution in [0.1, 0.15) is 50.5 Å². The summed E-state index contributed by atoms with van der Waals surface area (Å²) in [7, 11) is 0. The van der Waals surface area contributed by atoms with Crippen LogP contribution in [0.3, 0.4) is 0 Å². The van der Waals surface area contributed by atoms with Gasteiger partial charge in [0.1, 0.15) is 5.69 Å². The third-order valence-corrected chi connectivity index (χ3v) is 5.12. The number of rotatable bonds is 4. The summed E-state index contributed by atoms with van der Waals surface area (Å²) in [6.45, 7) is 1.69. The number of nitrogens with zero attached hydrogens (tertiary/aromatic N) is 5. The SMILES string of the molecule is O[C@@H]1C[C@@H](c2nc(-c3cnccn3)no2)N(CC2CCCCC2)C1. The Labute approximate surface area is 141 Å². The maximum atomic E-state index is 10.1. The highest BCUT2D eigenvalue weighted by molar-refractivity contribution is 5.45. The molecule has 0 spiro atoms. The Kier molecular flexibility index (Phi) is 4.53. The van der Waals surface area contributed by atoms with Crippen LogP contribution in [0, 0.1) is 5.92 Å². The van der Waals surface area contributed by atoms with Crippen LogP contribution < -0.4 is 0 Å². The predicted molar refractivity (Wildman–Crippen MR) is 86.8 cm³/mol. The Hall–Kier alpha value is -1.86. The maximum Gasteiger partial charge on any atom is 0.244 e. The molecular weight excluding hydrogens is 306 g/mol. The molecule has 4 rings (SSSR count). The van der Waals surface area contributed by atoms with Crippen LogP contribution in [0.25, 0.3) is 11.5 Å². The van der Waals surface area contributed by atoms with Crippen molar-refractivity contribution >= 4 is 0 Å². The Morgan fingerprint density at radius 2 is 2.08 bits per heavy atom. The zero-order valence-corrected chi connectivity index (χ0v) is 13.7. The molecule has 1 aliphatic heterocycles. The van der Waals surface area contributed by atoms with Crippen molar-refractivity contribution in [3.8, 4) is 11.5 Å². The maximum absolute atomic E-state index is 10.1. The van der Waals surface area contributed by atoms with Crippen molar-refractivity contribution in [1.82, 2.24) is 25.0 Å². The monoisotopic (exact) mass is 329 g/mol. The van der Waals surface area contributed by atoms with Crippen molar-refractivity contribution in [3.63, 3.8) is 0 Å². The molecule has 0 radical (unpaired) electrons. The van der Waals surface area contributed by atoms with E-state index in [9.17, 15) is 5.11 Å². The smallest absolute Gasteiger partial charge is 0.244 e. The van der Waals surface area contributed by atoms with Crippen molar-refractivity contribution in [1.29, 1.82) is 0 Å². The van der Waals surface area contributed by atoms with Crippen LogP contribution in [0.2, 0.25) is 0 Å². The molecule has 7 nitrogen and oxygen atoms in total. The summed E-state index contributed by atoms with van der Waals surface area (Å²) >= 11 is 0. The predicted octanol–water partition coefficient (Wildman–Crippen LogP) is 2.21. The van der Waals surface area contributed by atoms with E-state index < -0.39 is 0 Å². The topological polar surface area (TPSA) is 88.2 Å². The first-order chi connectivity index (χ1) is 11.8. The summed E-state index contributed by atoms with van der Waals surface area (Å²) in [5.74, 6) is 1.74. The first-order valence-electron chi connectivity index (χ1n) is 8.81. The third-order valence-electron chi connectivity index (χ3n) is 5.12. The lowest BCUT2D eigenvalue weighted by Gasteiger charge is -2.29. The molecule has 7 heteroatoms. The molecule has 1 aliphatic carbocycles. The Bertz CT molecular complexity index is 656. The van der Waals surface area contributed by atoms with E-state index in [1.165, 1.54) is 32.1 Å². The molecule has 2 aromatic rings. The molecule has 2 aliphatic rings. The Morgan fingerprint density at radius 3 is 2.88 bits per heavy atom. The average Bonchev–Trinajstić information content (AvgIpc) is 3.23. The first-order valence-corrected chi connectivity index (χ1v) is 8.81. The van der Waals surface area contributed by atoms with Gasteiger partial charge in [-0.15, -0.1) is 0 Å². The first kappa shape index (κ1) is 15.7. The van der Waals surface area contributed by atoms with Crippen molar-refractivity contribution in [2.45, 2.75) is 50.7 Å². The van der Waals surface area contributed by atoms with Gasteiger partial charge < -0.3 is 9.63 Å². The Morgan fingerprint density at radius 1 is 1.21 bits per heavy atom. The van der Waals surface area contributed by atoms with Crippen molar-refractivity contribution in [2.75, 3.05) is 13.1 Å². The summed E-state index contributed by atoms with van der Waals surface area (Å²) in [5.41, 5.74) is 0.602. The number of aliphatic hydroxyl groups is 1. The molecule has 128 valence electrons. The van der Waals surface area contributed by atoms with E-state index in [1.54, 1.807) is 18.6 Å². The lowest BCUT2D eigenvalue weighted by Crippen LogP contribution is -2.31. The van der Waals surface area contributed by atoms with Crippen LogP contribution in [-0.2, 0) is 0 Å². The molecule has 0 amide bonds. The summed E-state index contributed by atoms with van der Waals surface area (Å²) in [4.78, 5) is 15.1. The van der Waals surface area contributed by atoms with E-state index in [1.807, 2.05) is 0 Å². The number of hydrogen-bond acceptors (Lipinski definition) is 7. The zero-order chi connectivity index (χ0) is 16.4. The van der Waals surface area contributed by atoms with Gasteiger partial charge in [-0.25, -0.2) is 4.98 Å². The molecule has 2 aromatic heterocycles. The Balaban J connectivity index is 1.50. The van der Waals surface area contributed by atoms with Gasteiger partial charge in [-0.3, -0.25) is 9.88 Å². The summed E-state index contributed by atoms with van der Waals surface area (Å²) < 4.78 is 5.49. The second-order valence-corrected chi connectivity index (χ2v) is 6.91. The molecular formula is C17H23N5O2. The van der Waals surface area contributed by atoms with E-state index >= 15 is 0 Å². The fourth-order valence-corrected chi connectivity index (χ4v) is 3.93. The second kappa shape index (κ2) is 6.94. The van der Waals surface area contributed by atoms with Gasteiger partial charge in [0.2, 0.25) is 11.7 Å². The second-order valence-electron chi connectivity index (χ2n) is 6.91. The van der Waals surface area contributed by atoms with E-state index in [2.05, 4.69) is 25.0 Å². The van der Waals surface area contributed by atoms with Crippen LogP contribution in [0.4, 0.5) is 0 Å². The van der Waals surface area contributed by atoms with Gasteiger partial charge in [-0.1, -0.05) is 24.4 Å². The average molecular weight is 329 g/mol. The quantitative estimate of drug-likeness (QED) is 0.920. The molecule has 1 N–H and O–H groups in total. The third kappa shape index (κ3) is 3.32. The number of β-amino-alcohol motifs (C(OH)–C–C–N with tert-alkyl or cyclic N) is 1. The highest BCUT2D eigenvalue weighted by Gasteiger charge is 2.37. The number of hydrogen-bond donors (Lipinski definition) is 1.